The lowest BCUT2D eigenvalue weighted by Crippen LogP contribution is -2.48. The van der Waals surface area contributed by atoms with Crippen molar-refractivity contribution in [2.75, 3.05) is 43.9 Å². The molecule has 30 heavy (non-hydrogen) atoms. The maximum Gasteiger partial charge on any atom is 0.255 e. The number of nitrogens with one attached hydrogen (secondary N) is 1. The first-order valence-corrected chi connectivity index (χ1v) is 11.9. The quantitative estimate of drug-likeness (QED) is 0.695. The molecule has 162 valence electrons. The largest absolute Gasteiger partial charge is 0.494 e. The molecule has 0 radical (unpaired) electrons. The Balaban J connectivity index is 1.57. The molecule has 0 spiro atoms. The zero-order valence-electron chi connectivity index (χ0n) is 17.5. The van der Waals surface area contributed by atoms with Gasteiger partial charge in [-0.25, -0.2) is 8.42 Å². The molecule has 0 saturated carbocycles. The maximum absolute atomic E-state index is 12.6. The summed E-state index contributed by atoms with van der Waals surface area (Å²) in [5.41, 5.74) is 2.33. The minimum absolute atomic E-state index is 0.137. The topological polar surface area (TPSA) is 79.0 Å². The molecule has 2 aromatic rings. The smallest absolute Gasteiger partial charge is 0.255 e. The van der Waals surface area contributed by atoms with E-state index in [-0.39, 0.29) is 11.7 Å². The fourth-order valence-electron chi connectivity index (χ4n) is 3.42. The van der Waals surface area contributed by atoms with Gasteiger partial charge in [-0.2, -0.15) is 4.31 Å². The van der Waals surface area contributed by atoms with Crippen molar-refractivity contribution < 1.29 is 17.9 Å². The predicted octanol–water partition coefficient (Wildman–Crippen LogP) is 2.80. The molecule has 2 aromatic carbocycles. The summed E-state index contributed by atoms with van der Waals surface area (Å²) in [6.07, 6.45) is 0. The summed E-state index contributed by atoms with van der Waals surface area (Å²) in [5, 5.41) is 2.91. The van der Waals surface area contributed by atoms with Crippen molar-refractivity contribution in [3.8, 4) is 5.75 Å². The SMILES string of the molecule is CCOc1ccc(NC(=O)c2cccc(CN3CCN(S(=O)(=O)CC)CC3)c2)cc1. The average Bonchev–Trinajstić information content (AvgIpc) is 2.76. The van der Waals surface area contributed by atoms with Crippen molar-refractivity contribution in [3.05, 3.63) is 59.7 Å². The van der Waals surface area contributed by atoms with Crippen molar-refractivity contribution in [1.29, 1.82) is 0 Å². The van der Waals surface area contributed by atoms with Crippen LogP contribution in [-0.4, -0.2) is 62.1 Å². The fraction of sp³-hybridized carbons (Fsp3) is 0.409. The molecule has 0 bridgehead atoms. The third-order valence-electron chi connectivity index (χ3n) is 5.11. The summed E-state index contributed by atoms with van der Waals surface area (Å²) in [5.74, 6) is 0.739. The number of benzene rings is 2. The Morgan fingerprint density at radius 3 is 2.37 bits per heavy atom. The van der Waals surface area contributed by atoms with E-state index >= 15 is 0 Å². The van der Waals surface area contributed by atoms with Crippen LogP contribution >= 0.6 is 0 Å². The highest BCUT2D eigenvalue weighted by Crippen LogP contribution is 2.17. The number of amides is 1. The molecule has 0 unspecified atom stereocenters. The van der Waals surface area contributed by atoms with E-state index < -0.39 is 10.0 Å². The van der Waals surface area contributed by atoms with Gasteiger partial charge in [0.15, 0.2) is 0 Å². The van der Waals surface area contributed by atoms with Gasteiger partial charge in [0.2, 0.25) is 10.0 Å². The molecule has 1 amide bonds. The van der Waals surface area contributed by atoms with E-state index in [1.807, 2.05) is 49.4 Å². The van der Waals surface area contributed by atoms with Gasteiger partial charge in [0.05, 0.1) is 12.4 Å². The number of carbonyl (C=O) groups is 1. The average molecular weight is 432 g/mol. The summed E-state index contributed by atoms with van der Waals surface area (Å²) < 4.78 is 31.0. The normalized spacial score (nSPS) is 15.7. The number of piperazine rings is 1. The number of nitrogens with zero attached hydrogens (tertiary/aromatic N) is 2. The van der Waals surface area contributed by atoms with Gasteiger partial charge in [0, 0.05) is 44.0 Å². The van der Waals surface area contributed by atoms with Gasteiger partial charge in [0.25, 0.3) is 5.91 Å². The maximum atomic E-state index is 12.6. The van der Waals surface area contributed by atoms with E-state index in [1.54, 1.807) is 17.3 Å². The lowest BCUT2D eigenvalue weighted by Gasteiger charge is -2.33. The molecular weight excluding hydrogens is 402 g/mol. The first-order chi connectivity index (χ1) is 14.4. The standard InChI is InChI=1S/C22H29N3O4S/c1-3-29-21-10-8-20(9-11-21)23-22(26)19-7-5-6-18(16-19)17-24-12-14-25(15-13-24)30(27,28)4-2/h5-11,16H,3-4,12-15,17H2,1-2H3,(H,23,26). The van der Waals surface area contributed by atoms with E-state index in [2.05, 4.69) is 10.2 Å². The van der Waals surface area contributed by atoms with Gasteiger partial charge in [-0.1, -0.05) is 12.1 Å². The van der Waals surface area contributed by atoms with Gasteiger partial charge in [-0.3, -0.25) is 9.69 Å². The predicted molar refractivity (Wildman–Crippen MR) is 118 cm³/mol. The molecule has 0 aromatic heterocycles. The summed E-state index contributed by atoms with van der Waals surface area (Å²) in [6.45, 7) is 7.26. The van der Waals surface area contributed by atoms with Gasteiger partial charge in [0.1, 0.15) is 5.75 Å². The monoisotopic (exact) mass is 431 g/mol. The van der Waals surface area contributed by atoms with Crippen LogP contribution in [0.2, 0.25) is 0 Å². The number of ether oxygens (including phenoxy) is 1. The number of anilines is 1. The molecule has 1 heterocycles. The van der Waals surface area contributed by atoms with Crippen molar-refractivity contribution in [2.24, 2.45) is 0 Å². The minimum Gasteiger partial charge on any atom is -0.494 e. The van der Waals surface area contributed by atoms with Crippen molar-refractivity contribution >= 4 is 21.6 Å². The summed E-state index contributed by atoms with van der Waals surface area (Å²) in [7, 11) is -3.13. The van der Waals surface area contributed by atoms with Crippen LogP contribution in [0.5, 0.6) is 5.75 Å². The Hall–Kier alpha value is -2.42. The second-order valence-electron chi connectivity index (χ2n) is 7.19. The molecular formula is C22H29N3O4S. The molecule has 1 aliphatic heterocycles. The minimum atomic E-state index is -3.13. The van der Waals surface area contributed by atoms with Gasteiger partial charge in [-0.15, -0.1) is 0 Å². The molecule has 1 fully saturated rings. The summed E-state index contributed by atoms with van der Waals surface area (Å²) in [4.78, 5) is 14.8. The Kier molecular flexibility index (Phi) is 7.47. The Morgan fingerprint density at radius 2 is 1.73 bits per heavy atom. The summed E-state index contributed by atoms with van der Waals surface area (Å²) >= 11 is 0. The Bertz CT molecular complexity index is 953. The molecule has 1 N–H and O–H groups in total. The molecule has 8 heteroatoms. The van der Waals surface area contributed by atoms with Crippen LogP contribution in [0.1, 0.15) is 29.8 Å². The lowest BCUT2D eigenvalue weighted by atomic mass is 10.1. The van der Waals surface area contributed by atoms with Crippen LogP contribution in [0.4, 0.5) is 5.69 Å². The number of rotatable bonds is 8. The lowest BCUT2D eigenvalue weighted by molar-refractivity contribution is 0.102. The number of hydrogen-bond donors (Lipinski definition) is 1. The second kappa shape index (κ2) is 10.1. The second-order valence-corrected chi connectivity index (χ2v) is 9.45. The van der Waals surface area contributed by atoms with Crippen LogP contribution in [0.25, 0.3) is 0 Å². The van der Waals surface area contributed by atoms with Crippen LogP contribution in [0.15, 0.2) is 48.5 Å². The van der Waals surface area contributed by atoms with Crippen LogP contribution < -0.4 is 10.1 Å². The third-order valence-corrected chi connectivity index (χ3v) is 6.99. The number of hydrogen-bond acceptors (Lipinski definition) is 5. The Labute approximate surface area is 178 Å². The van der Waals surface area contributed by atoms with E-state index in [0.717, 1.165) is 11.3 Å². The van der Waals surface area contributed by atoms with E-state index in [1.165, 1.54) is 0 Å². The third kappa shape index (κ3) is 5.81. The van der Waals surface area contributed by atoms with Gasteiger partial charge >= 0.3 is 0 Å². The molecule has 0 atom stereocenters. The highest BCUT2D eigenvalue weighted by molar-refractivity contribution is 7.89. The van der Waals surface area contributed by atoms with E-state index in [9.17, 15) is 13.2 Å². The molecule has 1 aliphatic rings. The number of sulfonamides is 1. The molecule has 0 aliphatic carbocycles. The Morgan fingerprint density at radius 1 is 1.03 bits per heavy atom. The van der Waals surface area contributed by atoms with E-state index in [0.29, 0.717) is 50.6 Å². The zero-order chi connectivity index (χ0) is 21.6. The zero-order valence-corrected chi connectivity index (χ0v) is 18.3. The van der Waals surface area contributed by atoms with Gasteiger partial charge in [-0.05, 0) is 55.8 Å². The summed E-state index contributed by atoms with van der Waals surface area (Å²) in [6, 6.07) is 14.8. The molecule has 1 saturated heterocycles. The highest BCUT2D eigenvalue weighted by atomic mass is 32.2. The van der Waals surface area contributed by atoms with Crippen LogP contribution in [0, 0.1) is 0 Å². The number of carbonyl (C=O) groups excluding carboxylic acids is 1. The fourth-order valence-corrected chi connectivity index (χ4v) is 4.51. The first-order valence-electron chi connectivity index (χ1n) is 10.2. The molecule has 7 nitrogen and oxygen atoms in total. The van der Waals surface area contributed by atoms with E-state index in [4.69, 9.17) is 4.74 Å². The van der Waals surface area contributed by atoms with Crippen LogP contribution in [-0.2, 0) is 16.6 Å². The van der Waals surface area contributed by atoms with Crippen LogP contribution in [0.3, 0.4) is 0 Å². The van der Waals surface area contributed by atoms with Crippen molar-refractivity contribution in [2.45, 2.75) is 20.4 Å². The molecule has 3 rings (SSSR count). The van der Waals surface area contributed by atoms with Crippen molar-refractivity contribution in [3.63, 3.8) is 0 Å². The first kappa shape index (κ1) is 22.3. The van der Waals surface area contributed by atoms with Crippen molar-refractivity contribution in [1.82, 2.24) is 9.21 Å². The highest BCUT2D eigenvalue weighted by Gasteiger charge is 2.25. The van der Waals surface area contributed by atoms with Gasteiger partial charge < -0.3 is 10.1 Å².